The van der Waals surface area contributed by atoms with Crippen molar-refractivity contribution in [1.82, 2.24) is 0 Å². The van der Waals surface area contributed by atoms with Crippen LogP contribution in [0.4, 0.5) is 8.78 Å². The van der Waals surface area contributed by atoms with Gasteiger partial charge in [0.15, 0.2) is 0 Å². The molecule has 192 valence electrons. The zero-order valence-corrected chi connectivity index (χ0v) is 21.3. The number of rotatable bonds is 14. The standard InChI is InChI=1S/C14H20O2.C13H24F2.CH4O/c1-2-3-4-8-11-14(15)16-12-13-9-6-5-7-10-13;1-2-3-10-13(14,15)11-6-9-12-7-4-5-8-12;1-2/h5-7,9-10H,2-4,8,11-12H2,1H3;12H,2-11H2,1H3;2H,1H3. The lowest BCUT2D eigenvalue weighted by atomic mass is 9.97. The second-order valence-electron chi connectivity index (χ2n) is 8.96. The highest BCUT2D eigenvalue weighted by Gasteiger charge is 2.27. The molecule has 0 aromatic heterocycles. The molecule has 0 unspecified atom stereocenters. The van der Waals surface area contributed by atoms with Crippen molar-refractivity contribution in [1.29, 1.82) is 0 Å². The minimum Gasteiger partial charge on any atom is -0.461 e. The van der Waals surface area contributed by atoms with Gasteiger partial charge in [-0.25, -0.2) is 8.78 Å². The van der Waals surface area contributed by atoms with Crippen molar-refractivity contribution in [3.05, 3.63) is 35.9 Å². The average Bonchev–Trinajstić information content (AvgIpc) is 3.35. The fourth-order valence-corrected chi connectivity index (χ4v) is 4.02. The third kappa shape index (κ3) is 18.6. The Kier molecular flexibility index (Phi) is 20.1. The van der Waals surface area contributed by atoms with Gasteiger partial charge in [-0.15, -0.1) is 0 Å². The first-order valence-electron chi connectivity index (χ1n) is 13.0. The molecule has 0 heterocycles. The molecule has 2 rings (SSSR count). The fraction of sp³-hybridized carbons (Fsp3) is 0.750. The van der Waals surface area contributed by atoms with Gasteiger partial charge in [0.05, 0.1) is 0 Å². The maximum absolute atomic E-state index is 13.3. The number of esters is 1. The number of aliphatic hydroxyl groups is 1. The summed E-state index contributed by atoms with van der Waals surface area (Å²) in [4.78, 5) is 11.4. The SMILES string of the molecule is CCCCC(F)(F)CCCC1CCCC1.CCCCCCC(=O)OCc1ccccc1.CO. The van der Waals surface area contributed by atoms with Crippen LogP contribution in [0.2, 0.25) is 0 Å². The first kappa shape index (κ1) is 31.5. The Balaban J connectivity index is 0.000000578. The minimum atomic E-state index is -2.39. The smallest absolute Gasteiger partial charge is 0.306 e. The summed E-state index contributed by atoms with van der Waals surface area (Å²) in [5.41, 5.74) is 1.05. The quantitative estimate of drug-likeness (QED) is 0.219. The van der Waals surface area contributed by atoms with Crippen molar-refractivity contribution in [2.75, 3.05) is 7.11 Å². The second kappa shape index (κ2) is 21.1. The Morgan fingerprint density at radius 2 is 1.55 bits per heavy atom. The zero-order chi connectivity index (χ0) is 24.8. The lowest BCUT2D eigenvalue weighted by Crippen LogP contribution is -2.15. The van der Waals surface area contributed by atoms with Gasteiger partial charge in [0.1, 0.15) is 6.61 Å². The molecule has 1 N–H and O–H groups in total. The van der Waals surface area contributed by atoms with Gasteiger partial charge in [-0.3, -0.25) is 4.79 Å². The summed E-state index contributed by atoms with van der Waals surface area (Å²) >= 11 is 0. The molecule has 3 nitrogen and oxygen atoms in total. The normalized spacial score (nSPS) is 13.5. The Morgan fingerprint density at radius 3 is 2.15 bits per heavy atom. The molecular weight excluding hydrogens is 422 g/mol. The molecular formula is C28H48F2O3. The minimum absolute atomic E-state index is 0.0834. The summed E-state index contributed by atoms with van der Waals surface area (Å²) in [5.74, 6) is -1.72. The highest BCUT2D eigenvalue weighted by molar-refractivity contribution is 5.69. The van der Waals surface area contributed by atoms with E-state index in [1.165, 1.54) is 38.5 Å². The maximum atomic E-state index is 13.3. The molecule has 33 heavy (non-hydrogen) atoms. The van der Waals surface area contributed by atoms with Crippen LogP contribution in [0.5, 0.6) is 0 Å². The molecule has 1 aromatic carbocycles. The van der Waals surface area contributed by atoms with Crippen LogP contribution in [0.15, 0.2) is 30.3 Å². The van der Waals surface area contributed by atoms with Crippen molar-refractivity contribution < 1.29 is 23.4 Å². The predicted molar refractivity (Wildman–Crippen MR) is 133 cm³/mol. The molecule has 1 aliphatic rings. The number of benzene rings is 1. The van der Waals surface area contributed by atoms with E-state index < -0.39 is 5.92 Å². The van der Waals surface area contributed by atoms with E-state index in [2.05, 4.69) is 6.92 Å². The van der Waals surface area contributed by atoms with Crippen molar-refractivity contribution >= 4 is 5.97 Å². The number of halogens is 2. The molecule has 0 saturated heterocycles. The van der Waals surface area contributed by atoms with Crippen LogP contribution in [0.1, 0.15) is 116 Å². The molecule has 0 radical (unpaired) electrons. The number of hydrogen-bond acceptors (Lipinski definition) is 3. The lowest BCUT2D eigenvalue weighted by molar-refractivity contribution is -0.145. The van der Waals surface area contributed by atoms with Crippen LogP contribution in [-0.2, 0) is 16.1 Å². The molecule has 0 aliphatic heterocycles. The van der Waals surface area contributed by atoms with Crippen molar-refractivity contribution in [2.45, 2.75) is 123 Å². The number of ether oxygens (including phenoxy) is 1. The van der Waals surface area contributed by atoms with Gasteiger partial charge in [0, 0.05) is 26.4 Å². The fourth-order valence-electron chi connectivity index (χ4n) is 4.02. The molecule has 1 saturated carbocycles. The maximum Gasteiger partial charge on any atom is 0.306 e. The van der Waals surface area contributed by atoms with Gasteiger partial charge in [-0.1, -0.05) is 102 Å². The van der Waals surface area contributed by atoms with E-state index in [1.54, 1.807) is 0 Å². The number of carbonyl (C=O) groups is 1. The highest BCUT2D eigenvalue weighted by Crippen LogP contribution is 2.32. The van der Waals surface area contributed by atoms with E-state index in [4.69, 9.17) is 9.84 Å². The molecule has 1 aromatic rings. The van der Waals surface area contributed by atoms with Gasteiger partial charge in [0.25, 0.3) is 0 Å². The Labute approximate surface area is 201 Å². The Morgan fingerprint density at radius 1 is 0.939 bits per heavy atom. The summed E-state index contributed by atoms with van der Waals surface area (Å²) in [6.07, 6.45) is 13.7. The number of alkyl halides is 2. The Bertz CT molecular complexity index is 558. The van der Waals surface area contributed by atoms with Gasteiger partial charge in [-0.05, 0) is 30.7 Å². The first-order chi connectivity index (χ1) is 16.0. The van der Waals surface area contributed by atoms with E-state index in [9.17, 15) is 13.6 Å². The lowest BCUT2D eigenvalue weighted by Gasteiger charge is -2.16. The molecule has 0 atom stereocenters. The third-order valence-corrected chi connectivity index (χ3v) is 6.00. The van der Waals surface area contributed by atoms with E-state index in [0.717, 1.165) is 50.7 Å². The third-order valence-electron chi connectivity index (χ3n) is 6.00. The van der Waals surface area contributed by atoms with Gasteiger partial charge in [0.2, 0.25) is 5.92 Å². The van der Waals surface area contributed by atoms with Crippen molar-refractivity contribution in [2.24, 2.45) is 5.92 Å². The van der Waals surface area contributed by atoms with Crippen molar-refractivity contribution in [3.8, 4) is 0 Å². The van der Waals surface area contributed by atoms with Crippen LogP contribution >= 0.6 is 0 Å². The molecule has 0 bridgehead atoms. The predicted octanol–water partition coefficient (Wildman–Crippen LogP) is 8.48. The zero-order valence-electron chi connectivity index (χ0n) is 21.3. The van der Waals surface area contributed by atoms with E-state index in [-0.39, 0.29) is 18.8 Å². The van der Waals surface area contributed by atoms with Crippen LogP contribution in [0.25, 0.3) is 0 Å². The average molecular weight is 471 g/mol. The largest absolute Gasteiger partial charge is 0.461 e. The van der Waals surface area contributed by atoms with Crippen LogP contribution in [0, 0.1) is 5.92 Å². The molecule has 5 heteroatoms. The molecule has 1 fully saturated rings. The molecule has 0 amide bonds. The number of aliphatic hydroxyl groups excluding tert-OH is 1. The summed E-state index contributed by atoms with van der Waals surface area (Å²) < 4.78 is 31.7. The second-order valence-corrected chi connectivity index (χ2v) is 8.96. The number of carbonyl (C=O) groups excluding carboxylic acids is 1. The van der Waals surface area contributed by atoms with Crippen LogP contribution in [0.3, 0.4) is 0 Å². The molecule has 0 spiro atoms. The van der Waals surface area contributed by atoms with E-state index in [1.807, 2.05) is 37.3 Å². The van der Waals surface area contributed by atoms with E-state index in [0.29, 0.717) is 19.4 Å². The summed E-state index contributed by atoms with van der Waals surface area (Å²) in [5, 5.41) is 7.00. The first-order valence-corrected chi connectivity index (χ1v) is 13.0. The topological polar surface area (TPSA) is 46.5 Å². The molecule has 1 aliphatic carbocycles. The highest BCUT2D eigenvalue weighted by atomic mass is 19.3. The number of hydrogen-bond donors (Lipinski definition) is 1. The Hall–Kier alpha value is -1.49. The van der Waals surface area contributed by atoms with Gasteiger partial charge >= 0.3 is 5.97 Å². The summed E-state index contributed by atoms with van der Waals surface area (Å²) in [6, 6.07) is 9.78. The van der Waals surface area contributed by atoms with E-state index >= 15 is 0 Å². The summed E-state index contributed by atoms with van der Waals surface area (Å²) in [7, 11) is 1.00. The summed E-state index contributed by atoms with van der Waals surface area (Å²) in [6.45, 7) is 4.52. The number of unbranched alkanes of at least 4 members (excludes halogenated alkanes) is 4. The van der Waals surface area contributed by atoms with Gasteiger partial charge in [-0.2, -0.15) is 0 Å². The van der Waals surface area contributed by atoms with Crippen LogP contribution in [-0.4, -0.2) is 24.1 Å². The van der Waals surface area contributed by atoms with Crippen molar-refractivity contribution in [3.63, 3.8) is 0 Å². The monoisotopic (exact) mass is 470 g/mol. The van der Waals surface area contributed by atoms with Gasteiger partial charge < -0.3 is 9.84 Å². The van der Waals surface area contributed by atoms with Crippen LogP contribution < -0.4 is 0 Å².